The van der Waals surface area contributed by atoms with Gasteiger partial charge in [-0.05, 0) is 30.7 Å². The normalized spacial score (nSPS) is 11.4. The van der Waals surface area contributed by atoms with Gasteiger partial charge in [0.05, 0.1) is 17.4 Å². The van der Waals surface area contributed by atoms with Gasteiger partial charge in [-0.1, -0.05) is 6.92 Å². The van der Waals surface area contributed by atoms with Crippen LogP contribution >= 0.6 is 11.8 Å². The Morgan fingerprint density at radius 1 is 1.42 bits per heavy atom. The van der Waals surface area contributed by atoms with Gasteiger partial charge in [-0.3, -0.25) is 9.59 Å². The monoisotopic (exact) mass is 278 g/mol. The molecule has 0 aromatic heterocycles. The van der Waals surface area contributed by atoms with Gasteiger partial charge in [0.25, 0.3) is 0 Å². The predicted molar refractivity (Wildman–Crippen MR) is 74.0 cm³/mol. The number of rotatable bonds is 6. The quantitative estimate of drug-likeness (QED) is 0.831. The lowest BCUT2D eigenvalue weighted by atomic mass is 10.2. The standard InChI is InChI=1S/C13H14N2O3S/c1-2-11(13(17)18)19-8-12(16)15-10-5-3-9(7-14)4-6-10/h3-6,11H,2,8H2,1H3,(H,15,16)(H,17,18). The smallest absolute Gasteiger partial charge is 0.316 e. The summed E-state index contributed by atoms with van der Waals surface area (Å²) >= 11 is 1.10. The number of hydrogen-bond acceptors (Lipinski definition) is 4. The summed E-state index contributed by atoms with van der Waals surface area (Å²) in [5.41, 5.74) is 1.11. The van der Waals surface area contributed by atoms with Gasteiger partial charge in [0, 0.05) is 5.69 Å². The molecule has 0 heterocycles. The number of aliphatic carboxylic acids is 1. The van der Waals surface area contributed by atoms with Crippen LogP contribution in [0.2, 0.25) is 0 Å². The topological polar surface area (TPSA) is 90.2 Å². The Morgan fingerprint density at radius 2 is 2.05 bits per heavy atom. The minimum Gasteiger partial charge on any atom is -0.480 e. The van der Waals surface area contributed by atoms with E-state index in [-0.39, 0.29) is 11.7 Å². The highest BCUT2D eigenvalue weighted by atomic mass is 32.2. The molecule has 1 unspecified atom stereocenters. The van der Waals surface area contributed by atoms with Crippen LogP contribution in [0.3, 0.4) is 0 Å². The summed E-state index contributed by atoms with van der Waals surface area (Å²) in [4.78, 5) is 22.4. The van der Waals surface area contributed by atoms with E-state index >= 15 is 0 Å². The van der Waals surface area contributed by atoms with E-state index in [1.54, 1.807) is 31.2 Å². The second kappa shape index (κ2) is 7.44. The van der Waals surface area contributed by atoms with E-state index in [9.17, 15) is 9.59 Å². The molecule has 1 atom stereocenters. The number of nitrogens with one attached hydrogen (secondary N) is 1. The number of amides is 1. The van der Waals surface area contributed by atoms with E-state index in [1.165, 1.54) is 0 Å². The van der Waals surface area contributed by atoms with Crippen LogP contribution in [0.4, 0.5) is 5.69 Å². The molecule has 1 aromatic carbocycles. The molecule has 0 fully saturated rings. The number of thioether (sulfide) groups is 1. The molecular weight excluding hydrogens is 264 g/mol. The van der Waals surface area contributed by atoms with Gasteiger partial charge in [0.2, 0.25) is 5.91 Å². The van der Waals surface area contributed by atoms with Gasteiger partial charge in [0.15, 0.2) is 0 Å². The molecule has 0 bridgehead atoms. The largest absolute Gasteiger partial charge is 0.480 e. The van der Waals surface area contributed by atoms with Crippen molar-refractivity contribution in [2.45, 2.75) is 18.6 Å². The van der Waals surface area contributed by atoms with Crippen LogP contribution in [0, 0.1) is 11.3 Å². The fourth-order valence-corrected chi connectivity index (χ4v) is 2.17. The second-order valence-corrected chi connectivity index (χ2v) is 4.97. The Balaban J connectivity index is 2.46. The van der Waals surface area contributed by atoms with Crippen LogP contribution in [-0.2, 0) is 9.59 Å². The molecule has 1 rings (SSSR count). The highest BCUT2D eigenvalue weighted by Gasteiger charge is 2.16. The van der Waals surface area contributed by atoms with Crippen LogP contribution < -0.4 is 5.32 Å². The first-order valence-corrected chi connectivity index (χ1v) is 6.76. The molecule has 19 heavy (non-hydrogen) atoms. The molecule has 0 saturated heterocycles. The zero-order chi connectivity index (χ0) is 14.3. The van der Waals surface area contributed by atoms with E-state index in [2.05, 4.69) is 5.32 Å². The van der Waals surface area contributed by atoms with Gasteiger partial charge in [0.1, 0.15) is 5.25 Å². The molecule has 0 radical (unpaired) electrons. The van der Waals surface area contributed by atoms with Crippen molar-refractivity contribution < 1.29 is 14.7 Å². The Bertz CT molecular complexity index is 494. The van der Waals surface area contributed by atoms with Crippen LogP contribution in [0.15, 0.2) is 24.3 Å². The van der Waals surface area contributed by atoms with Gasteiger partial charge in [-0.15, -0.1) is 11.8 Å². The second-order valence-electron chi connectivity index (χ2n) is 3.78. The van der Waals surface area contributed by atoms with E-state index in [4.69, 9.17) is 10.4 Å². The van der Waals surface area contributed by atoms with Gasteiger partial charge < -0.3 is 10.4 Å². The number of nitriles is 1. The number of carbonyl (C=O) groups is 2. The van der Waals surface area contributed by atoms with Crippen molar-refractivity contribution in [3.63, 3.8) is 0 Å². The third-order valence-electron chi connectivity index (χ3n) is 2.36. The van der Waals surface area contributed by atoms with Crippen LogP contribution in [0.1, 0.15) is 18.9 Å². The highest BCUT2D eigenvalue weighted by Crippen LogP contribution is 2.15. The lowest BCUT2D eigenvalue weighted by Gasteiger charge is -2.09. The first-order chi connectivity index (χ1) is 9.06. The fourth-order valence-electron chi connectivity index (χ4n) is 1.37. The van der Waals surface area contributed by atoms with E-state index in [0.29, 0.717) is 17.7 Å². The van der Waals surface area contributed by atoms with Gasteiger partial charge in [-0.2, -0.15) is 5.26 Å². The van der Waals surface area contributed by atoms with E-state index < -0.39 is 11.2 Å². The maximum atomic E-state index is 11.6. The van der Waals surface area contributed by atoms with Crippen molar-refractivity contribution in [3.05, 3.63) is 29.8 Å². The Hall–Kier alpha value is -2.00. The molecule has 0 aliphatic heterocycles. The number of anilines is 1. The lowest BCUT2D eigenvalue weighted by Crippen LogP contribution is -2.20. The summed E-state index contributed by atoms with van der Waals surface area (Å²) < 4.78 is 0. The van der Waals surface area contributed by atoms with Gasteiger partial charge >= 0.3 is 5.97 Å². The molecule has 1 amide bonds. The molecule has 0 aliphatic carbocycles. The van der Waals surface area contributed by atoms with Crippen molar-refractivity contribution in [1.82, 2.24) is 0 Å². The summed E-state index contributed by atoms with van der Waals surface area (Å²) in [6.07, 6.45) is 0.476. The molecule has 0 spiro atoms. The first kappa shape index (κ1) is 15.1. The van der Waals surface area contributed by atoms with Crippen LogP contribution in [0.25, 0.3) is 0 Å². The third kappa shape index (κ3) is 5.02. The van der Waals surface area contributed by atoms with Crippen molar-refractivity contribution in [2.24, 2.45) is 0 Å². The van der Waals surface area contributed by atoms with E-state index in [0.717, 1.165) is 11.8 Å². The minimum absolute atomic E-state index is 0.0881. The van der Waals surface area contributed by atoms with Crippen molar-refractivity contribution in [2.75, 3.05) is 11.1 Å². The van der Waals surface area contributed by atoms with Crippen LogP contribution in [0.5, 0.6) is 0 Å². The number of nitrogens with zero attached hydrogens (tertiary/aromatic N) is 1. The Labute approximate surface area is 115 Å². The van der Waals surface area contributed by atoms with Crippen molar-refractivity contribution >= 4 is 29.3 Å². The summed E-state index contributed by atoms with van der Waals surface area (Å²) in [5.74, 6) is -1.07. The fraction of sp³-hybridized carbons (Fsp3) is 0.308. The highest BCUT2D eigenvalue weighted by molar-refractivity contribution is 8.01. The Morgan fingerprint density at radius 3 is 2.53 bits per heavy atom. The molecular formula is C13H14N2O3S. The SMILES string of the molecule is CCC(SCC(=O)Nc1ccc(C#N)cc1)C(=O)O. The number of carboxylic acid groups (broad SMARTS) is 1. The summed E-state index contributed by atoms with van der Waals surface area (Å²) in [5, 5.41) is 19.6. The average molecular weight is 278 g/mol. The Kier molecular flexibility index (Phi) is 5.90. The number of hydrogen-bond donors (Lipinski definition) is 2. The maximum Gasteiger partial charge on any atom is 0.316 e. The maximum absolute atomic E-state index is 11.6. The molecule has 5 nitrogen and oxygen atoms in total. The molecule has 0 saturated carbocycles. The molecule has 1 aromatic rings. The summed E-state index contributed by atoms with van der Waals surface area (Å²) in [7, 11) is 0. The third-order valence-corrected chi connectivity index (χ3v) is 3.73. The summed E-state index contributed by atoms with van der Waals surface area (Å²) in [6.45, 7) is 1.77. The van der Waals surface area contributed by atoms with E-state index in [1.807, 2.05) is 6.07 Å². The minimum atomic E-state index is -0.904. The van der Waals surface area contributed by atoms with Gasteiger partial charge in [-0.25, -0.2) is 0 Å². The predicted octanol–water partition coefficient (Wildman–Crippen LogP) is 2.09. The average Bonchev–Trinajstić information content (AvgIpc) is 2.40. The summed E-state index contributed by atoms with van der Waals surface area (Å²) in [6, 6.07) is 8.47. The molecule has 6 heteroatoms. The first-order valence-electron chi connectivity index (χ1n) is 5.71. The lowest BCUT2D eigenvalue weighted by molar-refractivity contribution is -0.136. The zero-order valence-corrected chi connectivity index (χ0v) is 11.2. The zero-order valence-electron chi connectivity index (χ0n) is 10.4. The number of carbonyl (C=O) groups excluding carboxylic acids is 1. The molecule has 0 aliphatic rings. The van der Waals surface area contributed by atoms with Crippen molar-refractivity contribution in [1.29, 1.82) is 5.26 Å². The van der Waals surface area contributed by atoms with Crippen molar-refractivity contribution in [3.8, 4) is 6.07 Å². The van der Waals surface area contributed by atoms with Crippen LogP contribution in [-0.4, -0.2) is 28.0 Å². The molecule has 2 N–H and O–H groups in total. The molecule has 100 valence electrons. The number of carboxylic acids is 1. The number of benzene rings is 1.